The number of benzene rings is 3. The Labute approximate surface area is 204 Å². The fraction of sp³-hybridized carbons (Fsp3) is 0.0417. The lowest BCUT2D eigenvalue weighted by Crippen LogP contribution is -2.15. The Morgan fingerprint density at radius 1 is 0.875 bits per heavy atom. The zero-order valence-electron chi connectivity index (χ0n) is 16.7. The van der Waals surface area contributed by atoms with E-state index in [-0.39, 0.29) is 5.91 Å². The van der Waals surface area contributed by atoms with Crippen LogP contribution in [0.1, 0.15) is 16.1 Å². The third-order valence-electron chi connectivity index (χ3n) is 4.30. The van der Waals surface area contributed by atoms with E-state index in [1.807, 2.05) is 78.9 Å². The average Bonchev–Trinajstić information content (AvgIpc) is 2.81. The predicted molar refractivity (Wildman–Crippen MR) is 133 cm³/mol. The summed E-state index contributed by atoms with van der Waals surface area (Å²) < 4.78 is 0. The number of aromatic nitrogens is 2. The summed E-state index contributed by atoms with van der Waals surface area (Å²) in [4.78, 5) is 23.7. The summed E-state index contributed by atoms with van der Waals surface area (Å²) in [6.45, 7) is 0. The van der Waals surface area contributed by atoms with Crippen LogP contribution in [0.25, 0.3) is 0 Å². The van der Waals surface area contributed by atoms with Crippen molar-refractivity contribution in [3.05, 3.63) is 106 Å². The molecule has 0 aliphatic rings. The monoisotopic (exact) mass is 497 g/mol. The van der Waals surface area contributed by atoms with Crippen molar-refractivity contribution in [2.45, 2.75) is 20.7 Å². The first-order valence-electron chi connectivity index (χ1n) is 9.61. The summed E-state index contributed by atoms with van der Waals surface area (Å²) in [5.41, 5.74) is 2.12. The van der Waals surface area contributed by atoms with E-state index >= 15 is 0 Å². The van der Waals surface area contributed by atoms with Gasteiger partial charge in [0.2, 0.25) is 0 Å². The molecule has 1 amide bonds. The fourth-order valence-electron chi connectivity index (χ4n) is 2.73. The highest BCUT2D eigenvalue weighted by Gasteiger charge is 2.17. The van der Waals surface area contributed by atoms with Gasteiger partial charge in [-0.05, 0) is 54.1 Å². The number of para-hydroxylation sites is 1. The van der Waals surface area contributed by atoms with Gasteiger partial charge < -0.3 is 5.32 Å². The van der Waals surface area contributed by atoms with Gasteiger partial charge in [-0.15, -0.1) is 0 Å². The summed E-state index contributed by atoms with van der Waals surface area (Å²) in [6, 6.07) is 24.3. The number of hydrogen-bond acceptors (Lipinski definition) is 5. The summed E-state index contributed by atoms with van der Waals surface area (Å²) in [5, 5.41) is 4.79. The molecule has 160 valence electrons. The number of halogens is 2. The lowest BCUT2D eigenvalue weighted by atomic mass is 10.2. The Bertz CT molecular complexity index is 1200. The molecule has 0 unspecified atom stereocenters. The lowest BCUT2D eigenvalue weighted by molar-refractivity contribution is 0.101. The van der Waals surface area contributed by atoms with Crippen molar-refractivity contribution in [2.24, 2.45) is 0 Å². The first-order valence-corrected chi connectivity index (χ1v) is 12.2. The summed E-state index contributed by atoms with van der Waals surface area (Å²) in [5.74, 6) is 0.379. The molecule has 4 aromatic rings. The van der Waals surface area contributed by atoms with Gasteiger partial charge in [-0.3, -0.25) is 4.79 Å². The standard InChI is InChI=1S/C24H17Cl2N3OS2/c25-17-8-6-16(7-9-17)15-31-24-27-14-21(32-20-12-10-18(26)11-13-20)22(29-24)23(30)28-19-4-2-1-3-5-19/h1-14H,15H2,(H,28,30). The number of amides is 1. The van der Waals surface area contributed by atoms with Gasteiger partial charge in [0.15, 0.2) is 5.16 Å². The quantitative estimate of drug-likeness (QED) is 0.212. The first-order chi connectivity index (χ1) is 15.6. The number of rotatable bonds is 7. The van der Waals surface area contributed by atoms with Crippen molar-refractivity contribution < 1.29 is 4.79 Å². The Kier molecular flexibility index (Phi) is 7.71. The SMILES string of the molecule is O=C(Nc1ccccc1)c1nc(SCc2ccc(Cl)cc2)ncc1Sc1ccc(Cl)cc1. The van der Waals surface area contributed by atoms with E-state index < -0.39 is 0 Å². The molecule has 4 rings (SSSR count). The Morgan fingerprint density at radius 2 is 1.53 bits per heavy atom. The number of hydrogen-bond donors (Lipinski definition) is 1. The van der Waals surface area contributed by atoms with Crippen LogP contribution < -0.4 is 5.32 Å². The van der Waals surface area contributed by atoms with Gasteiger partial charge >= 0.3 is 0 Å². The minimum absolute atomic E-state index is 0.289. The van der Waals surface area contributed by atoms with Crippen molar-refractivity contribution in [3.8, 4) is 0 Å². The Hall–Kier alpha value is -2.51. The van der Waals surface area contributed by atoms with Crippen LogP contribution in [0.2, 0.25) is 10.0 Å². The number of thioether (sulfide) groups is 1. The van der Waals surface area contributed by atoms with E-state index in [4.69, 9.17) is 23.2 Å². The molecule has 0 radical (unpaired) electrons. The molecule has 0 aliphatic heterocycles. The molecule has 1 N–H and O–H groups in total. The van der Waals surface area contributed by atoms with E-state index in [2.05, 4.69) is 15.3 Å². The molecule has 0 saturated heterocycles. The molecule has 3 aromatic carbocycles. The van der Waals surface area contributed by atoms with Gasteiger partial charge in [0, 0.05) is 32.6 Å². The van der Waals surface area contributed by atoms with Crippen LogP contribution >= 0.6 is 46.7 Å². The molecule has 0 bridgehead atoms. The van der Waals surface area contributed by atoms with E-state index in [0.29, 0.717) is 37.2 Å². The number of nitrogens with one attached hydrogen (secondary N) is 1. The smallest absolute Gasteiger partial charge is 0.275 e. The number of carbonyl (C=O) groups excluding carboxylic acids is 1. The molecule has 0 spiro atoms. The molecule has 8 heteroatoms. The number of carbonyl (C=O) groups is 1. The zero-order valence-corrected chi connectivity index (χ0v) is 19.8. The zero-order chi connectivity index (χ0) is 22.3. The van der Waals surface area contributed by atoms with E-state index in [1.165, 1.54) is 23.5 Å². The van der Waals surface area contributed by atoms with Crippen molar-refractivity contribution in [3.63, 3.8) is 0 Å². The molecule has 0 fully saturated rings. The highest BCUT2D eigenvalue weighted by molar-refractivity contribution is 7.99. The van der Waals surface area contributed by atoms with E-state index in [0.717, 1.165) is 10.5 Å². The van der Waals surface area contributed by atoms with Gasteiger partial charge in [0.1, 0.15) is 5.69 Å². The van der Waals surface area contributed by atoms with Crippen LogP contribution in [0.5, 0.6) is 0 Å². The molecule has 0 saturated carbocycles. The van der Waals surface area contributed by atoms with Gasteiger partial charge in [-0.1, -0.05) is 77.1 Å². The van der Waals surface area contributed by atoms with Crippen LogP contribution in [0.15, 0.2) is 100 Å². The average molecular weight is 498 g/mol. The third kappa shape index (κ3) is 6.26. The van der Waals surface area contributed by atoms with Crippen molar-refractivity contribution >= 4 is 58.3 Å². The maximum Gasteiger partial charge on any atom is 0.275 e. The molecule has 1 heterocycles. The van der Waals surface area contributed by atoms with Crippen LogP contribution in [-0.4, -0.2) is 15.9 Å². The Morgan fingerprint density at radius 3 is 2.22 bits per heavy atom. The van der Waals surface area contributed by atoms with Crippen LogP contribution in [0.4, 0.5) is 5.69 Å². The largest absolute Gasteiger partial charge is 0.321 e. The maximum absolute atomic E-state index is 13.1. The third-order valence-corrected chi connectivity index (χ3v) is 6.77. The van der Waals surface area contributed by atoms with Gasteiger partial charge in [-0.25, -0.2) is 9.97 Å². The van der Waals surface area contributed by atoms with Crippen molar-refractivity contribution in [2.75, 3.05) is 5.32 Å². The van der Waals surface area contributed by atoms with Gasteiger partial charge in [-0.2, -0.15) is 0 Å². The molecule has 32 heavy (non-hydrogen) atoms. The highest BCUT2D eigenvalue weighted by Crippen LogP contribution is 2.32. The molecular weight excluding hydrogens is 481 g/mol. The van der Waals surface area contributed by atoms with Crippen molar-refractivity contribution in [1.29, 1.82) is 0 Å². The van der Waals surface area contributed by atoms with E-state index in [1.54, 1.807) is 6.20 Å². The lowest BCUT2D eigenvalue weighted by Gasteiger charge is -2.11. The summed E-state index contributed by atoms with van der Waals surface area (Å²) in [6.07, 6.45) is 1.69. The Balaban J connectivity index is 1.58. The number of anilines is 1. The molecular formula is C24H17Cl2N3OS2. The first kappa shape index (κ1) is 22.7. The second-order valence-electron chi connectivity index (χ2n) is 6.66. The van der Waals surface area contributed by atoms with E-state index in [9.17, 15) is 4.79 Å². The molecule has 1 aromatic heterocycles. The number of nitrogens with zero attached hydrogens (tertiary/aromatic N) is 2. The van der Waals surface area contributed by atoms with Gasteiger partial charge in [0.05, 0.1) is 4.90 Å². The summed E-state index contributed by atoms with van der Waals surface area (Å²) in [7, 11) is 0. The fourth-order valence-corrected chi connectivity index (χ4v) is 4.62. The molecule has 0 aliphatic carbocycles. The highest BCUT2D eigenvalue weighted by atomic mass is 35.5. The topological polar surface area (TPSA) is 54.9 Å². The normalized spacial score (nSPS) is 10.7. The summed E-state index contributed by atoms with van der Waals surface area (Å²) >= 11 is 14.8. The molecule has 4 nitrogen and oxygen atoms in total. The van der Waals surface area contributed by atoms with Gasteiger partial charge in [0.25, 0.3) is 5.91 Å². The second kappa shape index (κ2) is 10.9. The van der Waals surface area contributed by atoms with Crippen LogP contribution in [-0.2, 0) is 5.75 Å². The predicted octanol–water partition coefficient (Wildman–Crippen LogP) is 7.48. The van der Waals surface area contributed by atoms with Crippen LogP contribution in [0.3, 0.4) is 0 Å². The maximum atomic E-state index is 13.1. The minimum Gasteiger partial charge on any atom is -0.321 e. The minimum atomic E-state index is -0.289. The van der Waals surface area contributed by atoms with Crippen molar-refractivity contribution in [1.82, 2.24) is 9.97 Å². The molecule has 0 atom stereocenters. The second-order valence-corrected chi connectivity index (χ2v) is 9.59. The van der Waals surface area contributed by atoms with Crippen LogP contribution in [0, 0.1) is 0 Å².